The van der Waals surface area contributed by atoms with Crippen molar-refractivity contribution < 1.29 is 0 Å². The van der Waals surface area contributed by atoms with Gasteiger partial charge in [-0.3, -0.25) is 0 Å². The molecule has 0 aromatic carbocycles. The third kappa shape index (κ3) is 4.36. The zero-order chi connectivity index (χ0) is 16.2. The van der Waals surface area contributed by atoms with Gasteiger partial charge in [-0.05, 0) is 44.8 Å². The predicted octanol–water partition coefficient (Wildman–Crippen LogP) is 5.73. The molecule has 1 heteroatoms. The molecule has 0 aromatic rings. The number of allylic oxidation sites excluding steroid dienone is 4. The molecule has 1 heterocycles. The van der Waals surface area contributed by atoms with Gasteiger partial charge in [0.25, 0.3) is 0 Å². The zero-order valence-corrected chi connectivity index (χ0v) is 14.9. The van der Waals surface area contributed by atoms with Gasteiger partial charge in [-0.15, -0.1) is 0 Å². The molecular formula is C20H33N. The first-order valence-electron chi connectivity index (χ1n) is 8.35. The van der Waals surface area contributed by atoms with Crippen LogP contribution in [0.25, 0.3) is 0 Å². The van der Waals surface area contributed by atoms with Crippen LogP contribution in [0.1, 0.15) is 54.4 Å². The maximum Gasteiger partial charge on any atom is 0.0461 e. The van der Waals surface area contributed by atoms with Gasteiger partial charge in [0.15, 0.2) is 0 Å². The van der Waals surface area contributed by atoms with Crippen molar-refractivity contribution in [3.05, 3.63) is 47.7 Å². The summed E-state index contributed by atoms with van der Waals surface area (Å²) in [7, 11) is 0. The summed E-state index contributed by atoms with van der Waals surface area (Å²) >= 11 is 0. The predicted molar refractivity (Wildman–Crippen MR) is 95.2 cm³/mol. The summed E-state index contributed by atoms with van der Waals surface area (Å²) in [5.74, 6) is 1.19. The van der Waals surface area contributed by atoms with Crippen LogP contribution < -0.4 is 0 Å². The molecule has 0 radical (unpaired) electrons. The smallest absolute Gasteiger partial charge is 0.0461 e. The molecule has 1 nitrogen and oxygen atoms in total. The van der Waals surface area contributed by atoms with E-state index in [1.165, 1.54) is 17.7 Å². The molecule has 0 spiro atoms. The average Bonchev–Trinajstić information content (AvgIpc) is 2.43. The highest BCUT2D eigenvalue weighted by molar-refractivity contribution is 5.39. The molecule has 3 unspecified atom stereocenters. The van der Waals surface area contributed by atoms with Gasteiger partial charge in [0.2, 0.25) is 0 Å². The van der Waals surface area contributed by atoms with Crippen LogP contribution in [-0.4, -0.2) is 17.5 Å². The van der Waals surface area contributed by atoms with E-state index in [0.29, 0.717) is 17.9 Å². The topological polar surface area (TPSA) is 3.24 Å². The molecule has 0 aromatic heterocycles. The monoisotopic (exact) mass is 287 g/mol. The van der Waals surface area contributed by atoms with Gasteiger partial charge in [-0.1, -0.05) is 57.6 Å². The number of likely N-dealkylation sites (N-methyl/N-ethyl adjacent to an activating group) is 1. The van der Waals surface area contributed by atoms with Crippen LogP contribution in [-0.2, 0) is 0 Å². The van der Waals surface area contributed by atoms with Crippen LogP contribution in [0.4, 0.5) is 0 Å². The summed E-state index contributed by atoms with van der Waals surface area (Å²) in [6.45, 7) is 22.7. The lowest BCUT2D eigenvalue weighted by Gasteiger charge is -2.43. The Bertz CT molecular complexity index is 452. The zero-order valence-electron chi connectivity index (χ0n) is 14.9. The molecule has 1 rings (SSSR count). The van der Waals surface area contributed by atoms with E-state index in [1.807, 2.05) is 6.92 Å². The van der Waals surface area contributed by atoms with E-state index in [4.69, 9.17) is 0 Å². The molecule has 0 aliphatic carbocycles. The molecule has 0 bridgehead atoms. The van der Waals surface area contributed by atoms with E-state index in [2.05, 4.69) is 64.8 Å². The Kier molecular flexibility index (Phi) is 6.51. The summed E-state index contributed by atoms with van der Waals surface area (Å²) in [4.78, 5) is 2.50. The molecule has 0 fully saturated rings. The standard InChI is InChI=1S/C20H33N/c1-9-15(5)11-19(12-16(6)14(3)4)18(8)20-13-17(7)21(20)10-2/h12-13,15,17-18H,3,6,9-11H2,1-2,4-5,7-8H3/b19-12-. The highest BCUT2D eigenvalue weighted by Gasteiger charge is 2.29. The highest BCUT2D eigenvalue weighted by Crippen LogP contribution is 2.36. The van der Waals surface area contributed by atoms with Crippen molar-refractivity contribution in [2.75, 3.05) is 6.54 Å². The minimum Gasteiger partial charge on any atom is -0.369 e. The summed E-state index contributed by atoms with van der Waals surface area (Å²) in [5, 5.41) is 0. The first-order valence-corrected chi connectivity index (χ1v) is 8.35. The fraction of sp³-hybridized carbons (Fsp3) is 0.600. The van der Waals surface area contributed by atoms with Gasteiger partial charge < -0.3 is 4.90 Å². The van der Waals surface area contributed by atoms with Crippen molar-refractivity contribution in [3.63, 3.8) is 0 Å². The van der Waals surface area contributed by atoms with Gasteiger partial charge in [-0.25, -0.2) is 0 Å². The second-order valence-corrected chi connectivity index (χ2v) is 6.58. The Labute approximate surface area is 132 Å². The Morgan fingerprint density at radius 2 is 1.95 bits per heavy atom. The largest absolute Gasteiger partial charge is 0.369 e. The molecule has 0 saturated carbocycles. The molecule has 118 valence electrons. The van der Waals surface area contributed by atoms with E-state index in [0.717, 1.165) is 24.1 Å². The SMILES string of the molecule is C=C(C)C(=C)/C=C(/CC(C)CC)C(C)C1=CC(C)N1CC. The van der Waals surface area contributed by atoms with E-state index < -0.39 is 0 Å². The summed E-state index contributed by atoms with van der Waals surface area (Å²) in [5.41, 5.74) is 5.10. The fourth-order valence-corrected chi connectivity index (χ4v) is 2.89. The third-order valence-electron chi connectivity index (χ3n) is 4.76. The van der Waals surface area contributed by atoms with Crippen LogP contribution >= 0.6 is 0 Å². The van der Waals surface area contributed by atoms with Crippen LogP contribution in [0.15, 0.2) is 47.7 Å². The first kappa shape index (κ1) is 17.8. The second-order valence-electron chi connectivity index (χ2n) is 6.58. The molecular weight excluding hydrogens is 254 g/mol. The van der Waals surface area contributed by atoms with Crippen LogP contribution in [0, 0.1) is 11.8 Å². The van der Waals surface area contributed by atoms with Crippen LogP contribution in [0.2, 0.25) is 0 Å². The average molecular weight is 287 g/mol. The Morgan fingerprint density at radius 1 is 1.33 bits per heavy atom. The van der Waals surface area contributed by atoms with Crippen molar-refractivity contribution >= 4 is 0 Å². The summed E-state index contributed by atoms with van der Waals surface area (Å²) in [6, 6.07) is 0.585. The second kappa shape index (κ2) is 7.68. The Hall–Kier alpha value is -1.24. The van der Waals surface area contributed by atoms with Crippen molar-refractivity contribution in [1.29, 1.82) is 0 Å². The van der Waals surface area contributed by atoms with E-state index in [9.17, 15) is 0 Å². The quantitative estimate of drug-likeness (QED) is 0.516. The molecule has 3 atom stereocenters. The van der Waals surface area contributed by atoms with Crippen molar-refractivity contribution in [2.45, 2.75) is 60.4 Å². The fourth-order valence-electron chi connectivity index (χ4n) is 2.89. The Balaban J connectivity index is 2.99. The van der Waals surface area contributed by atoms with E-state index in [1.54, 1.807) is 0 Å². The molecule has 0 amide bonds. The Morgan fingerprint density at radius 3 is 2.38 bits per heavy atom. The summed E-state index contributed by atoms with van der Waals surface area (Å²) in [6.07, 6.45) is 7.04. The van der Waals surface area contributed by atoms with E-state index >= 15 is 0 Å². The lowest BCUT2D eigenvalue weighted by molar-refractivity contribution is 0.243. The minimum atomic E-state index is 0.478. The molecule has 0 N–H and O–H groups in total. The molecule has 1 aliphatic heterocycles. The van der Waals surface area contributed by atoms with Gasteiger partial charge in [-0.2, -0.15) is 0 Å². The number of rotatable bonds is 8. The lowest BCUT2D eigenvalue weighted by atomic mass is 9.83. The number of hydrogen-bond acceptors (Lipinski definition) is 1. The highest BCUT2D eigenvalue weighted by atomic mass is 15.2. The minimum absolute atomic E-state index is 0.478. The van der Waals surface area contributed by atoms with Crippen LogP contribution in [0.5, 0.6) is 0 Å². The normalized spacial score (nSPS) is 21.4. The van der Waals surface area contributed by atoms with Crippen molar-refractivity contribution in [2.24, 2.45) is 11.8 Å². The van der Waals surface area contributed by atoms with E-state index in [-0.39, 0.29) is 0 Å². The van der Waals surface area contributed by atoms with Crippen molar-refractivity contribution in [3.8, 4) is 0 Å². The van der Waals surface area contributed by atoms with Gasteiger partial charge in [0, 0.05) is 24.2 Å². The van der Waals surface area contributed by atoms with Crippen LogP contribution in [0.3, 0.4) is 0 Å². The third-order valence-corrected chi connectivity index (χ3v) is 4.76. The van der Waals surface area contributed by atoms with Gasteiger partial charge in [0.1, 0.15) is 0 Å². The van der Waals surface area contributed by atoms with Crippen molar-refractivity contribution in [1.82, 2.24) is 4.90 Å². The maximum absolute atomic E-state index is 4.16. The molecule has 0 saturated heterocycles. The lowest BCUT2D eigenvalue weighted by Crippen LogP contribution is -2.42. The maximum atomic E-state index is 4.16. The van der Waals surface area contributed by atoms with Gasteiger partial charge >= 0.3 is 0 Å². The summed E-state index contributed by atoms with van der Waals surface area (Å²) < 4.78 is 0. The number of nitrogens with zero attached hydrogens (tertiary/aromatic N) is 1. The molecule has 1 aliphatic rings. The van der Waals surface area contributed by atoms with Gasteiger partial charge in [0.05, 0.1) is 0 Å². The molecule has 21 heavy (non-hydrogen) atoms. The number of hydrogen-bond donors (Lipinski definition) is 0. The first-order chi connectivity index (χ1) is 9.81.